The van der Waals surface area contributed by atoms with Crippen molar-refractivity contribution in [1.29, 1.82) is 0 Å². The first-order valence-corrected chi connectivity index (χ1v) is 33.6. The number of aliphatic hydroxyl groups excluding tert-OH is 2. The third-order valence-corrected chi connectivity index (χ3v) is 15.7. The molecule has 0 radical (unpaired) electrons. The van der Waals surface area contributed by atoms with E-state index in [9.17, 15) is 19.8 Å². The van der Waals surface area contributed by atoms with Crippen LogP contribution in [0.1, 0.15) is 373 Å². The van der Waals surface area contributed by atoms with Crippen molar-refractivity contribution in [3.8, 4) is 0 Å². The lowest BCUT2D eigenvalue weighted by atomic mass is 10.0. The van der Waals surface area contributed by atoms with Gasteiger partial charge in [0.15, 0.2) is 0 Å². The van der Waals surface area contributed by atoms with Gasteiger partial charge in [-0.2, -0.15) is 0 Å². The number of aliphatic hydroxyl groups is 2. The monoisotopic (exact) mass is 1040 g/mol. The summed E-state index contributed by atoms with van der Waals surface area (Å²) in [6, 6.07) is -0.626. The van der Waals surface area contributed by atoms with Crippen molar-refractivity contribution in [2.24, 2.45) is 0 Å². The minimum atomic E-state index is -0.843. The molecule has 3 N–H and O–H groups in total. The van der Waals surface area contributed by atoms with Crippen molar-refractivity contribution in [1.82, 2.24) is 5.32 Å². The Morgan fingerprint density at radius 3 is 0.959 bits per heavy atom. The normalized spacial score (nSPS) is 12.6. The van der Waals surface area contributed by atoms with E-state index in [4.69, 9.17) is 4.74 Å². The topological polar surface area (TPSA) is 95.9 Å². The van der Waals surface area contributed by atoms with Crippen LogP contribution in [0.3, 0.4) is 0 Å². The third kappa shape index (κ3) is 59.6. The van der Waals surface area contributed by atoms with E-state index in [1.54, 1.807) is 6.08 Å². The molecule has 0 spiro atoms. The fraction of sp³-hybridized carbons (Fsp3) is 0.912. The van der Waals surface area contributed by atoms with Gasteiger partial charge < -0.3 is 20.3 Å². The van der Waals surface area contributed by atoms with E-state index < -0.39 is 12.1 Å². The highest BCUT2D eigenvalue weighted by Crippen LogP contribution is 2.18. The number of carbonyl (C=O) groups is 2. The Morgan fingerprint density at radius 1 is 0.365 bits per heavy atom. The Bertz CT molecular complexity index is 1150. The zero-order chi connectivity index (χ0) is 53.6. The van der Waals surface area contributed by atoms with Crippen molar-refractivity contribution in [2.75, 3.05) is 13.2 Å². The Kier molecular flexibility index (Phi) is 62.4. The Morgan fingerprint density at radius 2 is 0.635 bits per heavy atom. The lowest BCUT2D eigenvalue weighted by molar-refractivity contribution is -0.143. The molecular weight excluding hydrogens is 911 g/mol. The van der Waals surface area contributed by atoms with Gasteiger partial charge in [0.25, 0.3) is 0 Å². The number of allylic oxidation sites excluding steroid dienone is 3. The van der Waals surface area contributed by atoms with Crippen LogP contribution in [-0.4, -0.2) is 47.4 Å². The van der Waals surface area contributed by atoms with Crippen molar-refractivity contribution < 1.29 is 24.5 Å². The quantitative estimate of drug-likeness (QED) is 0.0320. The highest BCUT2D eigenvalue weighted by Gasteiger charge is 2.18. The molecule has 0 aromatic carbocycles. The SMILES string of the molecule is CCCCCCCC/C=C\CCCCCCCCCCCC(=O)OCCCCCCCCCCCCCCCCCCCCCCCCCCC(=O)NC(CO)C(O)/C=C/CCCCCCCCCCCCCC. The van der Waals surface area contributed by atoms with E-state index >= 15 is 0 Å². The molecule has 0 aliphatic heterocycles. The van der Waals surface area contributed by atoms with E-state index in [1.165, 1.54) is 308 Å². The smallest absolute Gasteiger partial charge is 0.305 e. The molecule has 6 nitrogen and oxygen atoms in total. The predicted octanol–water partition coefficient (Wildman–Crippen LogP) is 21.4. The van der Waals surface area contributed by atoms with Crippen LogP contribution in [0, 0.1) is 0 Å². The van der Waals surface area contributed by atoms with Crippen molar-refractivity contribution in [2.45, 2.75) is 386 Å². The Labute approximate surface area is 462 Å². The van der Waals surface area contributed by atoms with Gasteiger partial charge in [0, 0.05) is 12.8 Å². The van der Waals surface area contributed by atoms with E-state index in [-0.39, 0.29) is 18.5 Å². The number of rotatable bonds is 63. The zero-order valence-electron chi connectivity index (χ0n) is 50.1. The fourth-order valence-corrected chi connectivity index (χ4v) is 10.6. The number of amides is 1. The minimum absolute atomic E-state index is 0.0151. The summed E-state index contributed by atoms with van der Waals surface area (Å²) < 4.78 is 5.51. The molecule has 2 unspecified atom stereocenters. The summed E-state index contributed by atoms with van der Waals surface area (Å²) in [4.78, 5) is 24.6. The van der Waals surface area contributed by atoms with Gasteiger partial charge >= 0.3 is 5.97 Å². The summed E-state index contributed by atoms with van der Waals surface area (Å²) in [5.41, 5.74) is 0. The second-order valence-corrected chi connectivity index (χ2v) is 23.2. The van der Waals surface area contributed by atoms with Crippen LogP contribution in [0.5, 0.6) is 0 Å². The van der Waals surface area contributed by atoms with E-state index in [0.29, 0.717) is 19.4 Å². The van der Waals surface area contributed by atoms with Crippen LogP contribution >= 0.6 is 0 Å². The van der Waals surface area contributed by atoms with Crippen molar-refractivity contribution in [3.63, 3.8) is 0 Å². The number of hydrogen-bond acceptors (Lipinski definition) is 5. The van der Waals surface area contributed by atoms with Gasteiger partial charge in [-0.1, -0.05) is 327 Å². The van der Waals surface area contributed by atoms with Crippen molar-refractivity contribution in [3.05, 3.63) is 24.3 Å². The van der Waals surface area contributed by atoms with Crippen LogP contribution in [0.15, 0.2) is 24.3 Å². The average Bonchev–Trinajstić information content (AvgIpc) is 3.40. The summed E-state index contributed by atoms with van der Waals surface area (Å²) in [5, 5.41) is 23.1. The summed E-state index contributed by atoms with van der Waals surface area (Å²) in [7, 11) is 0. The highest BCUT2D eigenvalue weighted by atomic mass is 16.5. The van der Waals surface area contributed by atoms with Gasteiger partial charge in [-0.25, -0.2) is 0 Å². The van der Waals surface area contributed by atoms with Gasteiger partial charge in [0.1, 0.15) is 0 Å². The molecule has 0 fully saturated rings. The van der Waals surface area contributed by atoms with Crippen LogP contribution in [0.2, 0.25) is 0 Å². The van der Waals surface area contributed by atoms with Gasteiger partial charge in [-0.15, -0.1) is 0 Å². The van der Waals surface area contributed by atoms with Gasteiger partial charge in [-0.3, -0.25) is 9.59 Å². The van der Waals surface area contributed by atoms with Gasteiger partial charge in [0.2, 0.25) is 5.91 Å². The number of nitrogens with one attached hydrogen (secondary N) is 1. The zero-order valence-corrected chi connectivity index (χ0v) is 50.1. The van der Waals surface area contributed by atoms with Crippen LogP contribution in [0.4, 0.5) is 0 Å². The largest absolute Gasteiger partial charge is 0.466 e. The van der Waals surface area contributed by atoms with Crippen LogP contribution in [-0.2, 0) is 14.3 Å². The predicted molar refractivity (Wildman–Crippen MR) is 324 cm³/mol. The maximum atomic E-state index is 12.5. The molecule has 0 aliphatic carbocycles. The lowest BCUT2D eigenvalue weighted by Crippen LogP contribution is -2.45. The number of ether oxygens (including phenoxy) is 1. The molecule has 6 heteroatoms. The lowest BCUT2D eigenvalue weighted by Gasteiger charge is -2.20. The molecule has 0 aromatic heterocycles. The average molecular weight is 1040 g/mol. The fourth-order valence-electron chi connectivity index (χ4n) is 10.6. The number of unbranched alkanes of at least 4 members (excludes halogenated alkanes) is 50. The Balaban J connectivity index is 3.36. The Hall–Kier alpha value is -1.66. The third-order valence-electron chi connectivity index (χ3n) is 15.7. The highest BCUT2D eigenvalue weighted by molar-refractivity contribution is 5.76. The van der Waals surface area contributed by atoms with E-state index in [2.05, 4.69) is 31.3 Å². The molecular formula is C68H131NO5. The molecule has 74 heavy (non-hydrogen) atoms. The van der Waals surface area contributed by atoms with E-state index in [0.717, 1.165) is 38.5 Å². The first-order valence-electron chi connectivity index (χ1n) is 33.6. The molecule has 438 valence electrons. The number of esters is 1. The molecule has 0 saturated heterocycles. The number of hydrogen-bond donors (Lipinski definition) is 3. The molecule has 1 amide bonds. The van der Waals surface area contributed by atoms with Crippen LogP contribution in [0.25, 0.3) is 0 Å². The maximum Gasteiger partial charge on any atom is 0.305 e. The first-order chi connectivity index (χ1) is 36.5. The molecule has 2 atom stereocenters. The minimum Gasteiger partial charge on any atom is -0.466 e. The van der Waals surface area contributed by atoms with Crippen molar-refractivity contribution >= 4 is 11.9 Å². The summed E-state index contributed by atoms with van der Waals surface area (Å²) >= 11 is 0. The van der Waals surface area contributed by atoms with Crippen LogP contribution < -0.4 is 5.32 Å². The van der Waals surface area contributed by atoms with E-state index in [1.807, 2.05) is 6.08 Å². The molecule has 0 bridgehead atoms. The second kappa shape index (κ2) is 63.9. The summed E-state index contributed by atoms with van der Waals surface area (Å²) in [6.07, 6.45) is 79.5. The first kappa shape index (κ1) is 72.3. The maximum absolute atomic E-state index is 12.5. The second-order valence-electron chi connectivity index (χ2n) is 23.2. The molecule has 0 rings (SSSR count). The summed E-state index contributed by atoms with van der Waals surface area (Å²) in [6.45, 7) is 4.92. The standard InChI is InChI=1S/C68H131NO5/c1-3-5-7-9-11-13-15-17-19-20-27-31-34-38-42-46-50-54-58-62-68(73)74-63-59-55-51-47-43-39-35-32-29-26-24-22-21-23-25-28-30-33-37-41-45-49-53-57-61-67(72)69-65(64-70)66(71)60-56-52-48-44-40-36-18-16-14-12-10-8-6-4-2/h17,19,56,60,65-66,70-71H,3-16,18,20-55,57-59,61-64H2,1-2H3,(H,69,72)/b19-17-,60-56+. The summed E-state index contributed by atoms with van der Waals surface area (Å²) in [5.74, 6) is -0.0499. The molecule has 0 saturated carbocycles. The molecule has 0 aliphatic rings. The number of carbonyl (C=O) groups excluding carboxylic acids is 2. The van der Waals surface area contributed by atoms with Gasteiger partial charge in [-0.05, 0) is 57.8 Å². The van der Waals surface area contributed by atoms with Gasteiger partial charge in [0.05, 0.1) is 25.4 Å². The molecule has 0 heterocycles. The molecule has 0 aromatic rings.